The number of nitrogens with zero attached hydrogens (tertiary/aromatic N) is 2. The van der Waals surface area contributed by atoms with Gasteiger partial charge in [0, 0.05) is 18.8 Å². The molecule has 2 N–H and O–H groups in total. The third kappa shape index (κ3) is 3.06. The fraction of sp³-hybridized carbons (Fsp3) is 0.250. The summed E-state index contributed by atoms with van der Waals surface area (Å²) in [6.07, 6.45) is -3.58. The predicted molar refractivity (Wildman–Crippen MR) is 103 cm³/mol. The molecule has 11 heteroatoms. The summed E-state index contributed by atoms with van der Waals surface area (Å²) in [4.78, 5) is 3.22. The highest BCUT2D eigenvalue weighted by atomic mass is 32.2. The average Bonchev–Trinajstić information content (AvgIpc) is 3.04. The van der Waals surface area contributed by atoms with Gasteiger partial charge in [-0.05, 0) is 35.4 Å². The van der Waals surface area contributed by atoms with E-state index in [1.807, 2.05) is 0 Å². The average molecular weight is 457 g/mol. The number of nitrogens with two attached hydrogens (primary N) is 1. The topological polar surface area (TPSA) is 75.8 Å². The van der Waals surface area contributed by atoms with Crippen molar-refractivity contribution in [2.75, 3.05) is 7.05 Å². The number of hydrogen-bond donors (Lipinski definition) is 1. The molecule has 5 nitrogen and oxygen atoms in total. The summed E-state index contributed by atoms with van der Waals surface area (Å²) in [7, 11) is -3.31. The number of fused-ring (bicyclic) bond motifs is 5. The van der Waals surface area contributed by atoms with Crippen LogP contribution in [-0.2, 0) is 16.2 Å². The number of rotatable bonds is 3. The van der Waals surface area contributed by atoms with Crippen molar-refractivity contribution in [1.82, 2.24) is 4.31 Å². The Morgan fingerprint density at radius 1 is 1.06 bits per heavy atom. The lowest BCUT2D eigenvalue weighted by Gasteiger charge is -2.39. The molecule has 2 heterocycles. The molecule has 4 rings (SSSR count). The molecule has 2 aliphatic rings. The van der Waals surface area contributed by atoms with E-state index in [1.165, 1.54) is 25.2 Å². The summed E-state index contributed by atoms with van der Waals surface area (Å²) in [6, 6.07) is 5.60. The molecule has 31 heavy (non-hydrogen) atoms. The van der Waals surface area contributed by atoms with Crippen molar-refractivity contribution in [3.63, 3.8) is 0 Å². The smallest absolute Gasteiger partial charge is 0.397 e. The Kier molecular flexibility index (Phi) is 4.74. The Morgan fingerprint density at radius 2 is 1.65 bits per heavy atom. The molecule has 0 saturated heterocycles. The molecule has 2 aromatic rings. The molecule has 2 unspecified atom stereocenters. The number of aliphatic imine (C=N–C) groups is 1. The summed E-state index contributed by atoms with van der Waals surface area (Å²) < 4.78 is 96.8. The van der Waals surface area contributed by atoms with E-state index in [4.69, 9.17) is 5.73 Å². The zero-order valence-electron chi connectivity index (χ0n) is 15.9. The van der Waals surface area contributed by atoms with E-state index in [9.17, 15) is 21.6 Å². The quantitative estimate of drug-likeness (QED) is 0.558. The van der Waals surface area contributed by atoms with Gasteiger partial charge in [0.15, 0.2) is 0 Å². The molecule has 2 aromatic carbocycles. The Bertz CT molecular complexity index is 1200. The summed E-state index contributed by atoms with van der Waals surface area (Å²) >= 11 is 0. The van der Waals surface area contributed by atoms with Gasteiger partial charge in [-0.2, -0.15) is 26.3 Å². The van der Waals surface area contributed by atoms with Crippen molar-refractivity contribution in [3.8, 4) is 0 Å². The van der Waals surface area contributed by atoms with E-state index in [-0.39, 0.29) is 11.1 Å². The van der Waals surface area contributed by atoms with Crippen molar-refractivity contribution >= 4 is 16.2 Å². The Balaban J connectivity index is 1.93. The molecular formula is C20H16F5N3O2S. The number of halogens is 5. The van der Waals surface area contributed by atoms with Crippen LogP contribution in [0.15, 0.2) is 69.7 Å². The zero-order valence-corrected chi connectivity index (χ0v) is 16.8. The zero-order chi connectivity index (χ0) is 22.8. The van der Waals surface area contributed by atoms with Crippen LogP contribution in [0.25, 0.3) is 0 Å². The first-order valence-electron chi connectivity index (χ1n) is 9.02. The highest BCUT2D eigenvalue weighted by molar-refractivity contribution is 7.89. The number of alkyl halides is 5. The van der Waals surface area contributed by atoms with Gasteiger partial charge in [-0.1, -0.05) is 24.3 Å². The van der Waals surface area contributed by atoms with Gasteiger partial charge < -0.3 is 5.73 Å². The van der Waals surface area contributed by atoms with Crippen LogP contribution in [0.5, 0.6) is 0 Å². The Labute approximate surface area is 174 Å². The second kappa shape index (κ2) is 6.86. The fourth-order valence-corrected chi connectivity index (χ4v) is 5.82. The first-order chi connectivity index (χ1) is 14.4. The molecule has 2 bridgehead atoms. The minimum absolute atomic E-state index is 0.0791. The lowest BCUT2D eigenvalue weighted by Crippen LogP contribution is -2.49. The van der Waals surface area contributed by atoms with Crippen molar-refractivity contribution < 1.29 is 30.4 Å². The maximum atomic E-state index is 15.4. The monoisotopic (exact) mass is 457 g/mol. The van der Waals surface area contributed by atoms with E-state index >= 15 is 8.78 Å². The molecule has 0 radical (unpaired) electrons. The van der Waals surface area contributed by atoms with Gasteiger partial charge in [0.25, 0.3) is 0 Å². The van der Waals surface area contributed by atoms with Crippen LogP contribution in [0.1, 0.15) is 28.8 Å². The minimum atomic E-state index is -4.67. The highest BCUT2D eigenvalue weighted by Gasteiger charge is 2.62. The molecule has 0 aliphatic carbocycles. The third-order valence-electron chi connectivity index (χ3n) is 5.43. The van der Waals surface area contributed by atoms with Gasteiger partial charge in [-0.25, -0.2) is 8.42 Å². The normalized spacial score (nSPS) is 23.4. The van der Waals surface area contributed by atoms with Gasteiger partial charge in [0.05, 0.1) is 22.2 Å². The Hall–Kier alpha value is -2.79. The van der Waals surface area contributed by atoms with Gasteiger partial charge in [0.1, 0.15) is 6.04 Å². The molecule has 164 valence electrons. The van der Waals surface area contributed by atoms with E-state index in [1.54, 1.807) is 6.07 Å². The van der Waals surface area contributed by atoms with Gasteiger partial charge in [-0.15, -0.1) is 0 Å². The van der Waals surface area contributed by atoms with Crippen LogP contribution < -0.4 is 5.73 Å². The molecular weight excluding hydrogens is 441 g/mol. The highest BCUT2D eigenvalue weighted by Crippen LogP contribution is 2.59. The number of sulfonamides is 1. The maximum Gasteiger partial charge on any atom is 0.416 e. The molecule has 0 amide bonds. The van der Waals surface area contributed by atoms with E-state index in [0.29, 0.717) is 22.0 Å². The number of benzene rings is 2. The molecule has 0 aromatic heterocycles. The lowest BCUT2D eigenvalue weighted by atomic mass is 9.96. The van der Waals surface area contributed by atoms with Crippen molar-refractivity contribution in [3.05, 3.63) is 76.5 Å². The SMILES string of the molecule is CN=CC1=C(N)C(F)(F)C2c3ccccc3C1N2S(=O)(=O)c1ccc(C(F)(F)F)cc1. The van der Waals surface area contributed by atoms with E-state index in [2.05, 4.69) is 4.99 Å². The predicted octanol–water partition coefficient (Wildman–Crippen LogP) is 4.05. The van der Waals surface area contributed by atoms with Crippen molar-refractivity contribution in [1.29, 1.82) is 0 Å². The van der Waals surface area contributed by atoms with Crippen LogP contribution in [0.3, 0.4) is 0 Å². The van der Waals surface area contributed by atoms with Crippen LogP contribution in [0.2, 0.25) is 0 Å². The fourth-order valence-electron chi connectivity index (χ4n) is 4.07. The number of hydrogen-bond acceptors (Lipinski definition) is 4. The summed E-state index contributed by atoms with van der Waals surface area (Å²) in [6.45, 7) is 0. The molecule has 0 spiro atoms. The first-order valence-corrected chi connectivity index (χ1v) is 10.5. The lowest BCUT2D eigenvalue weighted by molar-refractivity contribution is -0.137. The third-order valence-corrected chi connectivity index (χ3v) is 7.27. The standard InChI is InChI=1S/C20H16F5N3O2S/c1-27-10-15-16-13-4-2-3-5-14(13)18(19(21,22)17(15)26)28(16)31(29,30)12-8-6-11(7-9-12)20(23,24)25/h2-10,16,18H,26H2,1H3. The molecule has 0 saturated carbocycles. The molecule has 2 aliphatic heterocycles. The van der Waals surface area contributed by atoms with Gasteiger partial charge in [-0.3, -0.25) is 4.99 Å². The largest absolute Gasteiger partial charge is 0.416 e. The second-order valence-electron chi connectivity index (χ2n) is 7.17. The summed E-state index contributed by atoms with van der Waals surface area (Å²) in [5, 5.41) is 0. The second-order valence-corrected chi connectivity index (χ2v) is 9.01. The summed E-state index contributed by atoms with van der Waals surface area (Å²) in [5.41, 5.74) is 4.13. The first kappa shape index (κ1) is 21.4. The van der Waals surface area contributed by atoms with E-state index < -0.39 is 50.4 Å². The molecule has 2 atom stereocenters. The van der Waals surface area contributed by atoms with E-state index in [0.717, 1.165) is 18.3 Å². The molecule has 0 fully saturated rings. The van der Waals surface area contributed by atoms with Crippen LogP contribution >= 0.6 is 0 Å². The van der Waals surface area contributed by atoms with Crippen LogP contribution in [0.4, 0.5) is 22.0 Å². The maximum absolute atomic E-state index is 15.4. The van der Waals surface area contributed by atoms with Gasteiger partial charge in [0.2, 0.25) is 10.0 Å². The van der Waals surface area contributed by atoms with Crippen LogP contribution in [-0.4, -0.2) is 31.9 Å². The Morgan fingerprint density at radius 3 is 2.19 bits per heavy atom. The van der Waals surface area contributed by atoms with Gasteiger partial charge >= 0.3 is 12.1 Å². The van der Waals surface area contributed by atoms with Crippen molar-refractivity contribution in [2.45, 2.75) is 29.1 Å². The van der Waals surface area contributed by atoms with Crippen molar-refractivity contribution in [2.24, 2.45) is 10.7 Å². The summed E-state index contributed by atoms with van der Waals surface area (Å²) in [5.74, 6) is -3.77. The minimum Gasteiger partial charge on any atom is -0.397 e. The van der Waals surface area contributed by atoms with Crippen LogP contribution in [0, 0.1) is 0 Å².